The van der Waals surface area contributed by atoms with Gasteiger partial charge >= 0.3 is 6.18 Å². The summed E-state index contributed by atoms with van der Waals surface area (Å²) in [6, 6.07) is 11.4. The number of amides is 1. The van der Waals surface area contributed by atoms with Crippen LogP contribution < -0.4 is 10.2 Å². The Morgan fingerprint density at radius 3 is 2.42 bits per heavy atom. The van der Waals surface area contributed by atoms with Crippen LogP contribution in [0, 0.1) is 0 Å². The summed E-state index contributed by atoms with van der Waals surface area (Å²) in [5.41, 5.74) is 0.166. The van der Waals surface area contributed by atoms with Crippen molar-refractivity contribution in [1.82, 2.24) is 0 Å². The molecule has 0 aliphatic carbocycles. The van der Waals surface area contributed by atoms with Crippen LogP contribution in [0.2, 0.25) is 0 Å². The Labute approximate surface area is 148 Å². The summed E-state index contributed by atoms with van der Waals surface area (Å²) >= 11 is 0. The average Bonchev–Trinajstić information content (AvgIpc) is 2.62. The van der Waals surface area contributed by atoms with Gasteiger partial charge in [-0.15, -0.1) is 0 Å². The normalized spacial score (nSPS) is 17.2. The second-order valence-corrected chi connectivity index (χ2v) is 5.70. The Bertz CT molecular complexity index is 806. The zero-order valence-corrected chi connectivity index (χ0v) is 14.1. The zero-order valence-electron chi connectivity index (χ0n) is 14.1. The number of carbonyl (C=O) groups is 1. The van der Waals surface area contributed by atoms with Gasteiger partial charge in [0.25, 0.3) is 5.91 Å². The Morgan fingerprint density at radius 2 is 1.77 bits per heavy atom. The summed E-state index contributed by atoms with van der Waals surface area (Å²) in [7, 11) is 2.79. The van der Waals surface area contributed by atoms with E-state index in [1.165, 1.54) is 31.3 Å². The van der Waals surface area contributed by atoms with Crippen molar-refractivity contribution in [2.45, 2.75) is 18.6 Å². The van der Waals surface area contributed by atoms with Crippen molar-refractivity contribution in [3.05, 3.63) is 59.7 Å². The van der Waals surface area contributed by atoms with E-state index < -0.39 is 30.1 Å². The van der Waals surface area contributed by atoms with E-state index in [1.807, 2.05) is 0 Å². The van der Waals surface area contributed by atoms with Gasteiger partial charge in [0.15, 0.2) is 12.5 Å². The molecule has 0 saturated heterocycles. The molecule has 0 unspecified atom stereocenters. The fourth-order valence-electron chi connectivity index (χ4n) is 2.93. The van der Waals surface area contributed by atoms with Gasteiger partial charge in [-0.05, 0) is 30.3 Å². The number of benzene rings is 2. The van der Waals surface area contributed by atoms with Crippen LogP contribution >= 0.6 is 0 Å². The quantitative estimate of drug-likeness (QED) is 0.838. The maximum atomic E-state index is 13.1. The van der Waals surface area contributed by atoms with E-state index in [-0.39, 0.29) is 5.69 Å². The summed E-state index contributed by atoms with van der Waals surface area (Å²) in [5.74, 6) is -0.442. The molecule has 0 saturated carbocycles. The molecule has 1 amide bonds. The summed E-state index contributed by atoms with van der Waals surface area (Å²) in [4.78, 5) is 14.2. The summed E-state index contributed by atoms with van der Waals surface area (Å²) in [5, 5.41) is 3.11. The fourth-order valence-corrected chi connectivity index (χ4v) is 2.93. The number of ether oxygens (including phenoxy) is 2. The van der Waals surface area contributed by atoms with E-state index in [2.05, 4.69) is 5.32 Å². The molecule has 1 aliphatic heterocycles. The average molecular weight is 366 g/mol. The lowest BCUT2D eigenvalue weighted by Gasteiger charge is -2.40. The van der Waals surface area contributed by atoms with Crippen LogP contribution in [-0.2, 0) is 15.7 Å². The molecule has 1 atom stereocenters. The molecular weight excluding hydrogens is 349 g/mol. The predicted molar refractivity (Wildman–Crippen MR) is 89.9 cm³/mol. The molecule has 5 nitrogen and oxygen atoms in total. The van der Waals surface area contributed by atoms with Crippen molar-refractivity contribution in [3.8, 4) is 0 Å². The summed E-state index contributed by atoms with van der Waals surface area (Å²) in [6.07, 6.45) is -6.24. The molecule has 1 aliphatic rings. The van der Waals surface area contributed by atoms with Crippen LogP contribution in [0.3, 0.4) is 0 Å². The number of methoxy groups -OCH3 is 2. The van der Waals surface area contributed by atoms with Gasteiger partial charge in [0.2, 0.25) is 0 Å². The topological polar surface area (TPSA) is 50.8 Å². The van der Waals surface area contributed by atoms with Crippen LogP contribution in [0.5, 0.6) is 0 Å². The molecule has 2 aromatic rings. The summed E-state index contributed by atoms with van der Waals surface area (Å²) < 4.78 is 49.8. The highest BCUT2D eigenvalue weighted by Gasteiger charge is 2.39. The lowest BCUT2D eigenvalue weighted by Crippen LogP contribution is -2.56. The lowest BCUT2D eigenvalue weighted by atomic mass is 10.1. The van der Waals surface area contributed by atoms with Gasteiger partial charge in [-0.2, -0.15) is 13.2 Å². The van der Waals surface area contributed by atoms with E-state index in [4.69, 9.17) is 9.47 Å². The molecule has 138 valence electrons. The minimum atomic E-state index is -4.52. The molecule has 0 spiro atoms. The van der Waals surface area contributed by atoms with Crippen molar-refractivity contribution < 1.29 is 27.4 Å². The number of nitrogens with zero attached hydrogens (tertiary/aromatic N) is 1. The molecule has 0 bridgehead atoms. The predicted octanol–water partition coefficient (Wildman–Crippen LogP) is 3.72. The van der Waals surface area contributed by atoms with Crippen LogP contribution in [0.4, 0.5) is 24.5 Å². The molecule has 2 aromatic carbocycles. The Hall–Kier alpha value is -2.58. The van der Waals surface area contributed by atoms with Gasteiger partial charge in [0.1, 0.15) is 0 Å². The maximum Gasteiger partial charge on any atom is 0.416 e. The number of nitrogens with one attached hydrogen (secondary N) is 1. The fraction of sp³-hybridized carbons (Fsp3) is 0.278. The number of para-hydroxylation sites is 1. The highest BCUT2D eigenvalue weighted by Crippen LogP contribution is 2.35. The van der Waals surface area contributed by atoms with Crippen molar-refractivity contribution in [2.75, 3.05) is 24.4 Å². The van der Waals surface area contributed by atoms with Gasteiger partial charge in [-0.25, -0.2) is 0 Å². The molecule has 3 rings (SSSR count). The van der Waals surface area contributed by atoms with Crippen molar-refractivity contribution in [1.29, 1.82) is 0 Å². The highest BCUT2D eigenvalue weighted by molar-refractivity contribution is 6.12. The molecule has 8 heteroatoms. The maximum absolute atomic E-state index is 13.1. The smallest absolute Gasteiger partial charge is 0.360 e. The zero-order chi connectivity index (χ0) is 18.9. The number of anilines is 2. The minimum absolute atomic E-state index is 0.0935. The van der Waals surface area contributed by atoms with Crippen molar-refractivity contribution >= 4 is 17.3 Å². The van der Waals surface area contributed by atoms with Gasteiger partial charge in [0, 0.05) is 25.6 Å². The Kier molecular flexibility index (Phi) is 4.88. The number of hydrogen-bond donors (Lipinski definition) is 1. The monoisotopic (exact) mass is 366 g/mol. The van der Waals surface area contributed by atoms with Gasteiger partial charge in [0.05, 0.1) is 11.1 Å². The van der Waals surface area contributed by atoms with Gasteiger partial charge < -0.3 is 14.8 Å². The number of halogens is 3. The number of fused-ring (bicyclic) bond motifs is 1. The standard InChI is InChI=1S/C18H17F3N2O3/c1-25-17(26-2)15-22-14-9-4-3-8-13(14)16(24)23(15)12-7-5-6-11(10-12)18(19,20)21/h3-10,15,17,22H,1-2H3/t15-/m1/s1. The number of rotatable bonds is 4. The first-order valence-corrected chi connectivity index (χ1v) is 7.79. The first-order chi connectivity index (χ1) is 12.4. The minimum Gasteiger partial charge on any atom is -0.360 e. The molecular formula is C18H17F3N2O3. The number of hydrogen-bond acceptors (Lipinski definition) is 4. The first kappa shape index (κ1) is 18.2. The van der Waals surface area contributed by atoms with Crippen molar-refractivity contribution in [2.24, 2.45) is 0 Å². The molecule has 26 heavy (non-hydrogen) atoms. The number of carbonyl (C=O) groups excluding carboxylic acids is 1. The highest BCUT2D eigenvalue weighted by atomic mass is 19.4. The number of alkyl halides is 3. The van der Waals surface area contributed by atoms with E-state index >= 15 is 0 Å². The van der Waals surface area contributed by atoms with Crippen LogP contribution in [-0.4, -0.2) is 32.6 Å². The largest absolute Gasteiger partial charge is 0.416 e. The van der Waals surface area contributed by atoms with Crippen molar-refractivity contribution in [3.63, 3.8) is 0 Å². The van der Waals surface area contributed by atoms with E-state index in [1.54, 1.807) is 24.3 Å². The third kappa shape index (κ3) is 3.25. The second-order valence-electron chi connectivity index (χ2n) is 5.70. The van der Waals surface area contributed by atoms with E-state index in [0.29, 0.717) is 11.3 Å². The molecule has 0 radical (unpaired) electrons. The molecule has 1 N–H and O–H groups in total. The first-order valence-electron chi connectivity index (χ1n) is 7.79. The molecule has 0 aromatic heterocycles. The van der Waals surface area contributed by atoms with Gasteiger partial charge in [-0.1, -0.05) is 18.2 Å². The van der Waals surface area contributed by atoms with E-state index in [9.17, 15) is 18.0 Å². The third-order valence-corrected chi connectivity index (χ3v) is 4.13. The third-order valence-electron chi connectivity index (χ3n) is 4.13. The SMILES string of the molecule is COC(OC)[C@@H]1Nc2ccccc2C(=O)N1c1cccc(C(F)(F)F)c1. The van der Waals surface area contributed by atoms with Crippen LogP contribution in [0.25, 0.3) is 0 Å². The Morgan fingerprint density at radius 1 is 1.08 bits per heavy atom. The Balaban J connectivity index is 2.11. The second kappa shape index (κ2) is 6.97. The molecule has 1 heterocycles. The lowest BCUT2D eigenvalue weighted by molar-refractivity contribution is -0.137. The van der Waals surface area contributed by atoms with Crippen LogP contribution in [0.1, 0.15) is 15.9 Å². The molecule has 0 fully saturated rings. The van der Waals surface area contributed by atoms with Gasteiger partial charge in [-0.3, -0.25) is 9.69 Å². The summed E-state index contributed by atoms with van der Waals surface area (Å²) in [6.45, 7) is 0. The van der Waals surface area contributed by atoms with E-state index in [0.717, 1.165) is 12.1 Å². The van der Waals surface area contributed by atoms with Crippen LogP contribution in [0.15, 0.2) is 48.5 Å².